The molecule has 1 amide bonds. The average molecular weight is 496 g/mol. The number of nitrogens with zero attached hydrogens (tertiary/aromatic N) is 3. The van der Waals surface area contributed by atoms with E-state index in [9.17, 15) is 9.90 Å². The predicted molar refractivity (Wildman–Crippen MR) is 136 cm³/mol. The normalized spacial score (nSPS) is 20.3. The monoisotopic (exact) mass is 495 g/mol. The van der Waals surface area contributed by atoms with Crippen molar-refractivity contribution in [2.45, 2.75) is 38.0 Å². The molecule has 1 fully saturated rings. The van der Waals surface area contributed by atoms with Gasteiger partial charge in [0.05, 0.1) is 24.8 Å². The molecule has 5 rings (SSSR count). The molecule has 0 radical (unpaired) electrons. The third-order valence-corrected chi connectivity index (χ3v) is 7.45. The predicted octanol–water partition coefficient (Wildman–Crippen LogP) is 1.78. The Morgan fingerprint density at radius 3 is 2.61 bits per heavy atom. The van der Waals surface area contributed by atoms with Crippen LogP contribution >= 0.6 is 0 Å². The van der Waals surface area contributed by atoms with E-state index in [0.29, 0.717) is 43.3 Å². The van der Waals surface area contributed by atoms with E-state index in [-0.39, 0.29) is 25.2 Å². The van der Waals surface area contributed by atoms with Gasteiger partial charge in [-0.25, -0.2) is 0 Å². The van der Waals surface area contributed by atoms with Crippen LogP contribution in [-0.2, 0) is 13.0 Å². The molecule has 0 saturated carbocycles. The van der Waals surface area contributed by atoms with Gasteiger partial charge in [-0.3, -0.25) is 9.69 Å². The van der Waals surface area contributed by atoms with Crippen LogP contribution in [0.3, 0.4) is 0 Å². The number of hydrogen-bond acceptors (Lipinski definition) is 7. The van der Waals surface area contributed by atoms with E-state index < -0.39 is 6.10 Å². The molecular formula is C28H37N3O5. The molecule has 3 aliphatic heterocycles. The number of hydrogen-bond donors (Lipinski definition) is 2. The highest BCUT2D eigenvalue weighted by Crippen LogP contribution is 2.30. The molecule has 3 heterocycles. The Kier molecular flexibility index (Phi) is 8.06. The quantitative estimate of drug-likeness (QED) is 0.577. The molecule has 0 bridgehead atoms. The largest absolute Gasteiger partial charge is 0.491 e. The van der Waals surface area contributed by atoms with Crippen molar-refractivity contribution >= 4 is 5.91 Å². The summed E-state index contributed by atoms with van der Waals surface area (Å²) in [5, 5.41) is 19.9. The number of fused-ring (bicyclic) bond motifs is 2. The molecule has 2 aromatic carbocycles. The highest BCUT2D eigenvalue weighted by molar-refractivity contribution is 5.97. The van der Waals surface area contributed by atoms with Crippen LogP contribution in [0.5, 0.6) is 11.5 Å². The molecule has 1 atom stereocenters. The molecular weight excluding hydrogens is 458 g/mol. The number of β-amino-alcohol motifs (C(OH)–C–C–N with tert-alkyl or cyclic N) is 2. The molecule has 0 unspecified atom stereocenters. The minimum Gasteiger partial charge on any atom is -0.491 e. The second-order valence-electron chi connectivity index (χ2n) is 10.0. The van der Waals surface area contributed by atoms with E-state index in [1.165, 1.54) is 11.1 Å². The van der Waals surface area contributed by atoms with Crippen molar-refractivity contribution in [3.63, 3.8) is 0 Å². The molecule has 1 saturated heterocycles. The maximum Gasteiger partial charge on any atom is 0.257 e. The first kappa shape index (κ1) is 25.0. The average Bonchev–Trinajstić information content (AvgIpc) is 3.03. The molecule has 194 valence electrons. The minimum atomic E-state index is -0.625. The zero-order valence-corrected chi connectivity index (χ0v) is 20.8. The van der Waals surface area contributed by atoms with Gasteiger partial charge < -0.3 is 29.5 Å². The summed E-state index contributed by atoms with van der Waals surface area (Å²) >= 11 is 0. The summed E-state index contributed by atoms with van der Waals surface area (Å²) < 4.78 is 12.1. The standard InChI is InChI=1S/C28H37N3O5/c32-15-13-29-11-8-24(9-12-29)36-25-5-6-26-27(17-25)35-16-14-31(28(26)34)20-23(33)19-30-10-7-21-3-1-2-4-22(21)18-30/h1-6,17,23-24,32-33H,7-16,18-20H2/t23-/m1/s1. The Bertz CT molecular complexity index is 1040. The van der Waals surface area contributed by atoms with Crippen LogP contribution < -0.4 is 9.47 Å². The van der Waals surface area contributed by atoms with E-state index in [2.05, 4.69) is 34.1 Å². The lowest BCUT2D eigenvalue weighted by molar-refractivity contribution is 0.0501. The van der Waals surface area contributed by atoms with Gasteiger partial charge in [0.1, 0.15) is 24.2 Å². The van der Waals surface area contributed by atoms with Gasteiger partial charge in [-0.1, -0.05) is 24.3 Å². The van der Waals surface area contributed by atoms with Crippen molar-refractivity contribution in [3.05, 3.63) is 59.2 Å². The lowest BCUT2D eigenvalue weighted by Gasteiger charge is -2.32. The lowest BCUT2D eigenvalue weighted by Crippen LogP contribution is -2.44. The fourth-order valence-electron chi connectivity index (χ4n) is 5.49. The first-order valence-corrected chi connectivity index (χ1v) is 13.1. The van der Waals surface area contributed by atoms with E-state index >= 15 is 0 Å². The summed E-state index contributed by atoms with van der Waals surface area (Å²) in [7, 11) is 0. The molecule has 0 spiro atoms. The summed E-state index contributed by atoms with van der Waals surface area (Å²) in [4.78, 5) is 19.5. The van der Waals surface area contributed by atoms with Crippen molar-refractivity contribution in [1.29, 1.82) is 0 Å². The minimum absolute atomic E-state index is 0.116. The van der Waals surface area contributed by atoms with E-state index in [1.54, 1.807) is 11.0 Å². The third kappa shape index (κ3) is 6.00. The second kappa shape index (κ2) is 11.6. The van der Waals surface area contributed by atoms with Gasteiger partial charge in [0.25, 0.3) is 5.91 Å². The maximum atomic E-state index is 13.3. The number of benzene rings is 2. The topological polar surface area (TPSA) is 85.7 Å². The Balaban J connectivity index is 1.16. The smallest absolute Gasteiger partial charge is 0.257 e. The number of piperidine rings is 1. The molecule has 0 aromatic heterocycles. The first-order chi connectivity index (χ1) is 17.6. The van der Waals surface area contributed by atoms with Gasteiger partial charge in [0.15, 0.2) is 0 Å². The van der Waals surface area contributed by atoms with Gasteiger partial charge in [-0.2, -0.15) is 0 Å². The molecule has 3 aliphatic rings. The summed E-state index contributed by atoms with van der Waals surface area (Å²) in [6.45, 7) is 6.09. The number of rotatable bonds is 8. The summed E-state index contributed by atoms with van der Waals surface area (Å²) in [5.41, 5.74) is 3.21. The van der Waals surface area contributed by atoms with Gasteiger partial charge >= 0.3 is 0 Å². The van der Waals surface area contributed by atoms with Crippen LogP contribution in [0.2, 0.25) is 0 Å². The third-order valence-electron chi connectivity index (χ3n) is 7.45. The summed E-state index contributed by atoms with van der Waals surface area (Å²) in [5.74, 6) is 1.13. The summed E-state index contributed by atoms with van der Waals surface area (Å²) in [6, 6.07) is 13.9. The maximum absolute atomic E-state index is 13.3. The van der Waals surface area contributed by atoms with Crippen LogP contribution in [0.4, 0.5) is 0 Å². The highest BCUT2D eigenvalue weighted by atomic mass is 16.5. The number of aliphatic hydroxyl groups excluding tert-OH is 2. The Morgan fingerprint density at radius 1 is 1.00 bits per heavy atom. The van der Waals surface area contributed by atoms with Crippen LogP contribution in [0.25, 0.3) is 0 Å². The number of carbonyl (C=O) groups is 1. The number of amides is 1. The number of likely N-dealkylation sites (tertiary alicyclic amines) is 1. The van der Waals surface area contributed by atoms with E-state index in [4.69, 9.17) is 14.6 Å². The molecule has 2 aromatic rings. The molecule has 36 heavy (non-hydrogen) atoms. The molecule has 8 heteroatoms. The van der Waals surface area contributed by atoms with Crippen molar-refractivity contribution in [3.8, 4) is 11.5 Å². The lowest BCUT2D eigenvalue weighted by atomic mass is 10.00. The van der Waals surface area contributed by atoms with Gasteiger partial charge in [-0.05, 0) is 42.5 Å². The summed E-state index contributed by atoms with van der Waals surface area (Å²) in [6.07, 6.45) is 2.29. The van der Waals surface area contributed by atoms with E-state index in [0.717, 1.165) is 45.4 Å². The van der Waals surface area contributed by atoms with Gasteiger partial charge in [0, 0.05) is 51.9 Å². The molecule has 0 aliphatic carbocycles. The second-order valence-corrected chi connectivity index (χ2v) is 10.0. The van der Waals surface area contributed by atoms with Crippen molar-refractivity contribution in [2.24, 2.45) is 0 Å². The fraction of sp³-hybridized carbons (Fsp3) is 0.536. The van der Waals surface area contributed by atoms with Crippen molar-refractivity contribution in [2.75, 3.05) is 59.0 Å². The Labute approximate surface area is 213 Å². The SMILES string of the molecule is O=C1c2ccc(OC3CCN(CCO)CC3)cc2OCCN1C[C@H](O)CN1CCc2ccccc2C1. The molecule has 8 nitrogen and oxygen atoms in total. The van der Waals surface area contributed by atoms with Gasteiger partial charge in [0.2, 0.25) is 0 Å². The first-order valence-electron chi connectivity index (χ1n) is 13.1. The van der Waals surface area contributed by atoms with Crippen LogP contribution in [0.15, 0.2) is 42.5 Å². The fourth-order valence-corrected chi connectivity index (χ4v) is 5.49. The Morgan fingerprint density at radius 2 is 1.81 bits per heavy atom. The van der Waals surface area contributed by atoms with Crippen LogP contribution in [0.1, 0.15) is 34.3 Å². The molecule has 2 N–H and O–H groups in total. The highest BCUT2D eigenvalue weighted by Gasteiger charge is 2.28. The van der Waals surface area contributed by atoms with E-state index in [1.807, 2.05) is 12.1 Å². The number of carbonyl (C=O) groups excluding carboxylic acids is 1. The zero-order chi connectivity index (χ0) is 24.9. The van der Waals surface area contributed by atoms with Crippen molar-refractivity contribution < 1.29 is 24.5 Å². The van der Waals surface area contributed by atoms with Crippen LogP contribution in [0, 0.1) is 0 Å². The van der Waals surface area contributed by atoms with Crippen LogP contribution in [-0.4, -0.2) is 102 Å². The van der Waals surface area contributed by atoms with Crippen molar-refractivity contribution in [1.82, 2.24) is 14.7 Å². The number of aliphatic hydroxyl groups is 2. The van der Waals surface area contributed by atoms with Gasteiger partial charge in [-0.15, -0.1) is 0 Å². The zero-order valence-electron chi connectivity index (χ0n) is 20.8. The number of ether oxygens (including phenoxy) is 2. The Hall–Kier alpha value is -2.65.